The van der Waals surface area contributed by atoms with Crippen molar-refractivity contribution in [3.05, 3.63) is 35.5 Å². The van der Waals surface area contributed by atoms with Crippen molar-refractivity contribution in [1.29, 1.82) is 5.41 Å². The molecule has 0 rings (SSSR count). The monoisotopic (exact) mass is 217 g/mol. The third-order valence-corrected chi connectivity index (χ3v) is 1.75. The van der Waals surface area contributed by atoms with Crippen molar-refractivity contribution >= 4 is 6.21 Å². The molecule has 0 aliphatic carbocycles. The van der Waals surface area contributed by atoms with Crippen molar-refractivity contribution in [2.24, 2.45) is 0 Å². The average Bonchev–Trinajstić information content (AvgIpc) is 2.10. The smallest absolute Gasteiger partial charge is 0.309 e. The van der Waals surface area contributed by atoms with Crippen LogP contribution in [0, 0.1) is 5.41 Å². The molecule has 0 aliphatic heterocycles. The molecule has 0 saturated carbocycles. The van der Waals surface area contributed by atoms with Crippen molar-refractivity contribution in [2.45, 2.75) is 26.4 Å². The first-order valence-electron chi connectivity index (χ1n) is 4.53. The maximum atomic E-state index is 12.2. The summed E-state index contributed by atoms with van der Waals surface area (Å²) >= 11 is 0. The number of alkyl halides is 3. The summed E-state index contributed by atoms with van der Waals surface area (Å²) < 4.78 is 36.7. The minimum absolute atomic E-state index is 0.0405. The van der Waals surface area contributed by atoms with E-state index in [9.17, 15) is 13.2 Å². The zero-order valence-corrected chi connectivity index (χ0v) is 8.73. The zero-order valence-electron chi connectivity index (χ0n) is 8.73. The van der Waals surface area contributed by atoms with Crippen LogP contribution in [0.5, 0.6) is 0 Å². The van der Waals surface area contributed by atoms with Crippen molar-refractivity contribution in [3.8, 4) is 0 Å². The van der Waals surface area contributed by atoms with Gasteiger partial charge in [0.1, 0.15) is 0 Å². The molecule has 0 aromatic rings. The Morgan fingerprint density at radius 1 is 1.27 bits per heavy atom. The van der Waals surface area contributed by atoms with Crippen LogP contribution in [0.2, 0.25) is 0 Å². The molecule has 0 atom stereocenters. The van der Waals surface area contributed by atoms with Crippen LogP contribution in [0.15, 0.2) is 35.5 Å². The first kappa shape index (κ1) is 13.7. The lowest BCUT2D eigenvalue weighted by molar-refractivity contribution is -0.0935. The fourth-order valence-corrected chi connectivity index (χ4v) is 0.916. The van der Waals surface area contributed by atoms with Gasteiger partial charge in [-0.2, -0.15) is 13.2 Å². The van der Waals surface area contributed by atoms with Gasteiger partial charge in [-0.25, -0.2) is 0 Å². The van der Waals surface area contributed by atoms with Crippen molar-refractivity contribution < 1.29 is 13.2 Å². The highest BCUT2D eigenvalue weighted by molar-refractivity contribution is 5.69. The van der Waals surface area contributed by atoms with E-state index in [2.05, 4.69) is 0 Å². The number of halogens is 3. The molecular weight excluding hydrogens is 203 g/mol. The van der Waals surface area contributed by atoms with Gasteiger partial charge in [-0.15, -0.1) is 0 Å². The summed E-state index contributed by atoms with van der Waals surface area (Å²) in [6.07, 6.45) is 2.24. The van der Waals surface area contributed by atoms with Gasteiger partial charge in [-0.3, -0.25) is 0 Å². The lowest BCUT2D eigenvalue weighted by Crippen LogP contribution is -2.10. The molecule has 0 bridgehead atoms. The molecule has 0 saturated heterocycles. The number of allylic oxidation sites excluding steroid dienone is 6. The fourth-order valence-electron chi connectivity index (χ4n) is 0.916. The van der Waals surface area contributed by atoms with E-state index in [1.54, 1.807) is 6.92 Å². The molecule has 15 heavy (non-hydrogen) atoms. The van der Waals surface area contributed by atoms with E-state index in [4.69, 9.17) is 5.41 Å². The van der Waals surface area contributed by atoms with Crippen LogP contribution < -0.4 is 0 Å². The molecule has 0 heterocycles. The van der Waals surface area contributed by atoms with Crippen LogP contribution in [0.1, 0.15) is 20.3 Å². The van der Waals surface area contributed by atoms with Crippen molar-refractivity contribution in [2.75, 3.05) is 0 Å². The van der Waals surface area contributed by atoms with Gasteiger partial charge in [0.05, 0.1) is 0 Å². The molecule has 0 aromatic carbocycles. The van der Waals surface area contributed by atoms with E-state index in [0.717, 1.165) is 17.9 Å². The third-order valence-electron chi connectivity index (χ3n) is 1.75. The van der Waals surface area contributed by atoms with Gasteiger partial charge >= 0.3 is 6.18 Å². The highest BCUT2D eigenvalue weighted by Gasteiger charge is 2.31. The molecule has 4 heteroatoms. The molecular formula is C11H14F3N. The molecule has 0 aromatic heterocycles. The molecule has 0 amide bonds. The van der Waals surface area contributed by atoms with E-state index in [-0.39, 0.29) is 6.42 Å². The minimum atomic E-state index is -4.25. The highest BCUT2D eigenvalue weighted by atomic mass is 19.4. The lowest BCUT2D eigenvalue weighted by Gasteiger charge is -2.07. The maximum Gasteiger partial charge on any atom is 0.412 e. The molecule has 0 aliphatic rings. The van der Waals surface area contributed by atoms with Gasteiger partial charge in [0.2, 0.25) is 0 Å². The Bertz CT molecular complexity index is 295. The first-order valence-corrected chi connectivity index (χ1v) is 4.53. The quantitative estimate of drug-likeness (QED) is 0.543. The molecule has 1 N–H and O–H groups in total. The second kappa shape index (κ2) is 6.22. The second-order valence-electron chi connectivity index (χ2n) is 2.98. The Kier molecular flexibility index (Phi) is 5.67. The summed E-state index contributed by atoms with van der Waals surface area (Å²) in [5, 5.41) is 6.76. The van der Waals surface area contributed by atoms with Crippen LogP contribution in [0.25, 0.3) is 0 Å². The number of rotatable bonds is 4. The molecule has 84 valence electrons. The predicted octanol–water partition coefficient (Wildman–Crippen LogP) is 4.04. The van der Waals surface area contributed by atoms with Crippen LogP contribution in [0.3, 0.4) is 0 Å². The van der Waals surface area contributed by atoms with Crippen LogP contribution in [0.4, 0.5) is 13.2 Å². The zero-order chi connectivity index (χ0) is 11.9. The number of nitrogens with one attached hydrogen (secondary N) is 1. The summed E-state index contributed by atoms with van der Waals surface area (Å²) in [6.45, 7) is 3.18. The van der Waals surface area contributed by atoms with Gasteiger partial charge in [-0.1, -0.05) is 25.2 Å². The van der Waals surface area contributed by atoms with Gasteiger partial charge in [0.25, 0.3) is 0 Å². The lowest BCUT2D eigenvalue weighted by atomic mass is 10.1. The third kappa shape index (κ3) is 5.88. The van der Waals surface area contributed by atoms with Gasteiger partial charge < -0.3 is 5.41 Å². The minimum Gasteiger partial charge on any atom is -0.309 e. The van der Waals surface area contributed by atoms with Gasteiger partial charge in [0.15, 0.2) is 0 Å². The van der Waals surface area contributed by atoms with E-state index in [0.29, 0.717) is 0 Å². The predicted molar refractivity (Wildman–Crippen MR) is 56.1 cm³/mol. The number of hydrogen-bond donors (Lipinski definition) is 1. The largest absolute Gasteiger partial charge is 0.412 e. The topological polar surface area (TPSA) is 23.9 Å². The Hall–Kier alpha value is -1.32. The molecule has 0 unspecified atom stereocenters. The Labute approximate surface area is 87.5 Å². The summed E-state index contributed by atoms with van der Waals surface area (Å²) in [4.78, 5) is 0. The van der Waals surface area contributed by atoms with Gasteiger partial charge in [-0.05, 0) is 25.0 Å². The Morgan fingerprint density at radius 2 is 1.87 bits per heavy atom. The highest BCUT2D eigenvalue weighted by Crippen LogP contribution is 2.27. The van der Waals surface area contributed by atoms with Crippen molar-refractivity contribution in [3.63, 3.8) is 0 Å². The van der Waals surface area contributed by atoms with Crippen LogP contribution in [-0.4, -0.2) is 12.4 Å². The van der Waals surface area contributed by atoms with E-state index in [1.165, 1.54) is 25.2 Å². The average molecular weight is 217 g/mol. The summed E-state index contributed by atoms with van der Waals surface area (Å²) in [6, 6.07) is 0. The summed E-state index contributed by atoms with van der Waals surface area (Å²) in [7, 11) is 0. The Morgan fingerprint density at radius 3 is 2.27 bits per heavy atom. The molecule has 0 spiro atoms. The van der Waals surface area contributed by atoms with Crippen LogP contribution in [-0.2, 0) is 0 Å². The van der Waals surface area contributed by atoms with E-state index >= 15 is 0 Å². The van der Waals surface area contributed by atoms with E-state index in [1.807, 2.05) is 0 Å². The number of hydrogen-bond acceptors (Lipinski definition) is 1. The Balaban J connectivity index is 4.62. The van der Waals surface area contributed by atoms with E-state index < -0.39 is 11.7 Å². The molecule has 0 radical (unpaired) electrons. The standard InChI is InChI=1S/C11H14F3N/c1-3-10(11(12,13)14)6-4-5-9(2)7-8-15/h4-8,15H,3H2,1-2H3/b5-4-,9-7+,10-6+,15-8?. The fraction of sp³-hybridized carbons (Fsp3) is 0.364. The SMILES string of the molecule is CC\C(=C/C=C\C(C)=C\C=N)C(F)(F)F. The molecule has 1 nitrogen and oxygen atoms in total. The second-order valence-corrected chi connectivity index (χ2v) is 2.98. The van der Waals surface area contributed by atoms with Crippen LogP contribution >= 0.6 is 0 Å². The van der Waals surface area contributed by atoms with Crippen molar-refractivity contribution in [1.82, 2.24) is 0 Å². The summed E-state index contributed by atoms with van der Waals surface area (Å²) in [5.74, 6) is 0. The maximum absolute atomic E-state index is 12.2. The molecule has 0 fully saturated rings. The summed E-state index contributed by atoms with van der Waals surface area (Å²) in [5.41, 5.74) is 0.181. The normalized spacial score (nSPS) is 14.7. The van der Waals surface area contributed by atoms with Gasteiger partial charge in [0, 0.05) is 11.8 Å². The first-order chi connectivity index (χ1) is 6.91.